The first-order chi connectivity index (χ1) is 18.5. The molecule has 38 heavy (non-hydrogen) atoms. The van der Waals surface area contributed by atoms with Gasteiger partial charge in [0, 0.05) is 68.2 Å². The number of hydrogen-bond donors (Lipinski definition) is 1. The molecule has 2 fully saturated rings. The van der Waals surface area contributed by atoms with Gasteiger partial charge >= 0.3 is 0 Å². The van der Waals surface area contributed by atoms with Crippen LogP contribution in [0.2, 0.25) is 0 Å². The number of piperazine rings is 1. The lowest BCUT2D eigenvalue weighted by Gasteiger charge is -2.38. The Balaban J connectivity index is 1.21. The lowest BCUT2D eigenvalue weighted by molar-refractivity contribution is -0.137. The number of aryl methyl sites for hydroxylation is 1. The number of aliphatic hydroxyl groups excluding tert-OH is 1. The second-order valence-electron chi connectivity index (χ2n) is 10.2. The van der Waals surface area contributed by atoms with Gasteiger partial charge in [0.05, 0.1) is 47.2 Å². The number of nitrogens with zero attached hydrogens (tertiary/aromatic N) is 8. The molecular formula is C28H30N8O2. The number of rotatable bonds is 4. The number of amides is 1. The largest absolute Gasteiger partial charge is 0.393 e. The fraction of sp³-hybridized carbons (Fsp3) is 0.393. The van der Waals surface area contributed by atoms with E-state index in [9.17, 15) is 15.2 Å². The van der Waals surface area contributed by atoms with Crippen LogP contribution in [-0.4, -0.2) is 72.6 Å². The van der Waals surface area contributed by atoms with Gasteiger partial charge in [0.15, 0.2) is 0 Å². The van der Waals surface area contributed by atoms with Gasteiger partial charge in [0.2, 0.25) is 5.91 Å². The van der Waals surface area contributed by atoms with Crippen molar-refractivity contribution >= 4 is 17.1 Å². The van der Waals surface area contributed by atoms with E-state index >= 15 is 0 Å². The molecular weight excluding hydrogens is 480 g/mol. The maximum atomic E-state index is 13.0. The van der Waals surface area contributed by atoms with Gasteiger partial charge in [-0.15, -0.1) is 0 Å². The van der Waals surface area contributed by atoms with Crippen molar-refractivity contribution in [3.05, 3.63) is 54.7 Å². The van der Waals surface area contributed by atoms with E-state index in [2.05, 4.69) is 27.2 Å². The first-order valence-electron chi connectivity index (χ1n) is 13.1. The number of pyridine rings is 2. The molecule has 0 aromatic carbocycles. The SMILES string of the molecule is Cn1cc(-c2cc(-c3ccc(N4CCN(C(=O)C5CCC(O)CC5)CC4)cn3)c3c(C#N)cnn3c2)cn1. The second-order valence-corrected chi connectivity index (χ2v) is 10.2. The van der Waals surface area contributed by atoms with Gasteiger partial charge in [0.1, 0.15) is 6.07 Å². The summed E-state index contributed by atoms with van der Waals surface area (Å²) < 4.78 is 3.48. The molecule has 6 rings (SSSR count). The number of aliphatic hydroxyl groups is 1. The molecule has 1 N–H and O–H groups in total. The molecule has 194 valence electrons. The smallest absolute Gasteiger partial charge is 0.225 e. The summed E-state index contributed by atoms with van der Waals surface area (Å²) in [6, 6.07) is 8.31. The molecule has 0 radical (unpaired) electrons. The molecule has 10 nitrogen and oxygen atoms in total. The molecule has 0 atom stereocenters. The molecule has 4 aromatic rings. The third-order valence-corrected chi connectivity index (χ3v) is 7.80. The predicted octanol–water partition coefficient (Wildman–Crippen LogP) is 2.87. The number of aromatic nitrogens is 5. The van der Waals surface area contributed by atoms with Crippen molar-refractivity contribution in [3.63, 3.8) is 0 Å². The third kappa shape index (κ3) is 4.50. The van der Waals surface area contributed by atoms with Gasteiger partial charge in [-0.2, -0.15) is 15.5 Å². The van der Waals surface area contributed by atoms with Crippen LogP contribution in [0.3, 0.4) is 0 Å². The van der Waals surface area contributed by atoms with Crippen LogP contribution in [0.1, 0.15) is 31.2 Å². The molecule has 1 saturated heterocycles. The van der Waals surface area contributed by atoms with Crippen LogP contribution in [0.4, 0.5) is 5.69 Å². The Morgan fingerprint density at radius 1 is 1.00 bits per heavy atom. The van der Waals surface area contributed by atoms with Crippen LogP contribution in [0.25, 0.3) is 27.9 Å². The number of nitriles is 1. The minimum absolute atomic E-state index is 0.0482. The van der Waals surface area contributed by atoms with Gasteiger partial charge in [-0.3, -0.25) is 14.5 Å². The van der Waals surface area contributed by atoms with Gasteiger partial charge in [-0.25, -0.2) is 4.52 Å². The van der Waals surface area contributed by atoms with E-state index in [-0.39, 0.29) is 17.9 Å². The van der Waals surface area contributed by atoms with Gasteiger partial charge in [-0.05, 0) is 43.9 Å². The molecule has 2 aliphatic rings. The Labute approximate surface area is 220 Å². The summed E-state index contributed by atoms with van der Waals surface area (Å²) in [5.41, 5.74) is 5.72. The summed E-state index contributed by atoms with van der Waals surface area (Å²) >= 11 is 0. The maximum absolute atomic E-state index is 13.0. The normalized spacial score (nSPS) is 20.0. The minimum atomic E-state index is -0.249. The van der Waals surface area contributed by atoms with Gasteiger partial charge in [-0.1, -0.05) is 0 Å². The molecule has 0 unspecified atom stereocenters. The fourth-order valence-electron chi connectivity index (χ4n) is 5.63. The summed E-state index contributed by atoms with van der Waals surface area (Å²) in [7, 11) is 1.88. The lowest BCUT2D eigenvalue weighted by atomic mass is 9.86. The van der Waals surface area contributed by atoms with Gasteiger partial charge < -0.3 is 14.9 Å². The molecule has 1 amide bonds. The Hall–Kier alpha value is -4.23. The quantitative estimate of drug-likeness (QED) is 0.449. The minimum Gasteiger partial charge on any atom is -0.393 e. The summed E-state index contributed by atoms with van der Waals surface area (Å²) in [4.78, 5) is 22.0. The number of carbonyl (C=O) groups excluding carboxylic acids is 1. The summed E-state index contributed by atoms with van der Waals surface area (Å²) in [5.74, 6) is 0.281. The number of anilines is 1. The summed E-state index contributed by atoms with van der Waals surface area (Å²) in [6.45, 7) is 2.89. The number of hydrogen-bond acceptors (Lipinski definition) is 7. The Kier molecular flexibility index (Phi) is 6.29. The highest BCUT2D eigenvalue weighted by atomic mass is 16.3. The molecule has 5 heterocycles. The van der Waals surface area contributed by atoms with Crippen LogP contribution < -0.4 is 4.90 Å². The Morgan fingerprint density at radius 2 is 1.79 bits per heavy atom. The second kappa shape index (κ2) is 9.91. The number of fused-ring (bicyclic) bond motifs is 1. The Morgan fingerprint density at radius 3 is 2.45 bits per heavy atom. The van der Waals surface area contributed by atoms with Crippen LogP contribution in [0.15, 0.2) is 49.2 Å². The molecule has 4 aromatic heterocycles. The Bertz CT molecular complexity index is 1500. The third-order valence-electron chi connectivity index (χ3n) is 7.80. The van der Waals surface area contributed by atoms with E-state index in [1.165, 1.54) is 0 Å². The first-order valence-corrected chi connectivity index (χ1v) is 13.1. The van der Waals surface area contributed by atoms with Crippen LogP contribution in [0.5, 0.6) is 0 Å². The van der Waals surface area contributed by atoms with E-state index in [4.69, 9.17) is 4.98 Å². The van der Waals surface area contributed by atoms with Gasteiger partial charge in [0.25, 0.3) is 0 Å². The maximum Gasteiger partial charge on any atom is 0.225 e. The van der Waals surface area contributed by atoms with Crippen molar-refractivity contribution in [2.75, 3.05) is 31.1 Å². The lowest BCUT2D eigenvalue weighted by Crippen LogP contribution is -2.50. The highest BCUT2D eigenvalue weighted by molar-refractivity contribution is 5.86. The van der Waals surface area contributed by atoms with Crippen molar-refractivity contribution < 1.29 is 9.90 Å². The molecule has 10 heteroatoms. The van der Waals surface area contributed by atoms with Crippen molar-refractivity contribution in [1.29, 1.82) is 5.26 Å². The zero-order chi connectivity index (χ0) is 26.2. The number of carbonyl (C=O) groups is 1. The van der Waals surface area contributed by atoms with Crippen LogP contribution in [-0.2, 0) is 11.8 Å². The fourth-order valence-corrected chi connectivity index (χ4v) is 5.63. The van der Waals surface area contributed by atoms with Crippen molar-refractivity contribution in [2.24, 2.45) is 13.0 Å². The highest BCUT2D eigenvalue weighted by Gasteiger charge is 2.30. The van der Waals surface area contributed by atoms with Crippen molar-refractivity contribution in [3.8, 4) is 28.5 Å². The average Bonchev–Trinajstić information content (AvgIpc) is 3.59. The van der Waals surface area contributed by atoms with Crippen molar-refractivity contribution in [1.82, 2.24) is 29.3 Å². The monoisotopic (exact) mass is 510 g/mol. The molecule has 1 aliphatic heterocycles. The zero-order valence-corrected chi connectivity index (χ0v) is 21.4. The van der Waals surface area contributed by atoms with E-state index < -0.39 is 0 Å². The van der Waals surface area contributed by atoms with Crippen LogP contribution in [0, 0.1) is 17.2 Å². The van der Waals surface area contributed by atoms with E-state index in [0.717, 1.165) is 72.4 Å². The molecule has 1 saturated carbocycles. The van der Waals surface area contributed by atoms with E-state index in [1.54, 1.807) is 21.6 Å². The molecule has 0 spiro atoms. The average molecular weight is 511 g/mol. The zero-order valence-electron chi connectivity index (χ0n) is 21.4. The predicted molar refractivity (Wildman–Crippen MR) is 142 cm³/mol. The van der Waals surface area contributed by atoms with E-state index in [1.807, 2.05) is 42.7 Å². The van der Waals surface area contributed by atoms with Crippen LogP contribution >= 0.6 is 0 Å². The summed E-state index contributed by atoms with van der Waals surface area (Å²) in [6.07, 6.45) is 11.9. The van der Waals surface area contributed by atoms with Crippen molar-refractivity contribution in [2.45, 2.75) is 31.8 Å². The highest BCUT2D eigenvalue weighted by Crippen LogP contribution is 2.32. The molecule has 0 bridgehead atoms. The first kappa shape index (κ1) is 24.1. The summed E-state index contributed by atoms with van der Waals surface area (Å²) in [5, 5.41) is 28.1. The standard InChI is InChI=1S/C28H30N8O2/c1-33-17-22(15-31-33)20-12-25(27-21(13-29)14-32-36(27)18-20)26-7-4-23(16-30-26)34-8-10-35(11-9-34)28(38)19-2-5-24(37)6-3-19/h4,7,12,14-19,24,37H,2-3,5-6,8-11H2,1H3. The van der Waals surface area contributed by atoms with E-state index in [0.29, 0.717) is 18.7 Å². The molecule has 1 aliphatic carbocycles. The topological polar surface area (TPSA) is 116 Å².